The molecule has 0 aliphatic heterocycles. The van der Waals surface area contributed by atoms with E-state index in [1.165, 1.54) is 121 Å². The molecular formula is C134H93N9O. The second-order valence-electron chi connectivity index (χ2n) is 39.3. The second kappa shape index (κ2) is 34.7. The molecule has 0 atom stereocenters. The van der Waals surface area contributed by atoms with Crippen molar-refractivity contribution in [1.29, 1.82) is 0 Å². The average molecular weight is 1850 g/mol. The summed E-state index contributed by atoms with van der Waals surface area (Å²) in [4.78, 5) is 45.3. The molecule has 0 bridgehead atoms. The zero-order chi connectivity index (χ0) is 96.5. The molecule has 21 aromatic carbocycles. The molecule has 4 aromatic heterocycles. The Bertz CT molecular complexity index is 9370. The summed E-state index contributed by atoms with van der Waals surface area (Å²) >= 11 is 0. The standard InChI is InChI=1S/C46H31N3O.2C44H31N3/c1-46(2)39-20-8-6-16-34(39)36-25-23-31-26-30(22-24-33(31)41(36)46)29-14-10-15-32(27-29)44-47-43(28-12-4-3-5-13-28)48-45(49-44)38-19-11-18-37-35-17-7-9-21-40(35)50-42(37)38;1-44(2)39-20-12-11-19-35(39)36-24-23-28-21-22-31(26-37(28)40(36)44)33-25-32-17-9-10-18-34(32)38(27-33)43-46-41(29-13-5-3-6-14-29)45-42(47-43)30-15-7-4-8-16-30;1-44(2)39-20-12-11-19-35(39)36-24-23-28-21-22-31(27-38(28)40(36)44)32-25-26-37(34-18-10-9-17-33(32)34)43-46-41(29-13-5-3-6-14-29)45-42(47-43)30-15-7-4-8-16-30/h3-27H,1-2H3;2*3-27H,1-2H3. The summed E-state index contributed by atoms with van der Waals surface area (Å²) in [5.74, 6) is 5.77. The molecule has 144 heavy (non-hydrogen) atoms. The van der Waals surface area contributed by atoms with Crippen LogP contribution in [0.2, 0.25) is 0 Å². The molecule has 0 spiro atoms. The molecule has 3 aliphatic carbocycles. The normalized spacial score (nSPS) is 13.1. The van der Waals surface area contributed by atoms with Crippen LogP contribution < -0.4 is 0 Å². The summed E-state index contributed by atoms with van der Waals surface area (Å²) in [6, 6.07) is 160. The molecular weight excluding hydrogens is 1750 g/mol. The van der Waals surface area contributed by atoms with Crippen LogP contribution in [0.5, 0.6) is 0 Å². The molecule has 10 heteroatoms. The molecule has 0 unspecified atom stereocenters. The molecule has 0 radical (unpaired) electrons. The van der Waals surface area contributed by atoms with Gasteiger partial charge < -0.3 is 4.42 Å². The average Bonchev–Trinajstić information content (AvgIpc) is 1.75. The van der Waals surface area contributed by atoms with Crippen LogP contribution in [0.25, 0.3) is 245 Å². The van der Waals surface area contributed by atoms with Crippen LogP contribution in [-0.2, 0) is 16.2 Å². The van der Waals surface area contributed by atoms with Gasteiger partial charge in [0.1, 0.15) is 11.2 Å². The first-order valence-electron chi connectivity index (χ1n) is 49.3. The molecule has 28 rings (SSSR count). The fraction of sp³-hybridized carbons (Fsp3) is 0.0672. The molecule has 0 amide bonds. The highest BCUT2D eigenvalue weighted by atomic mass is 16.3. The molecule has 4 heterocycles. The van der Waals surface area contributed by atoms with Crippen LogP contribution in [0.15, 0.2) is 459 Å². The SMILES string of the molecule is CC1(C)c2ccccc2-c2ccc3cc(-c4cccc(-c5nc(-c6ccccc6)nc(-c6cccc7c6oc6ccccc67)n5)c4)ccc3c21.CC1(C)c2ccccc2-c2ccc3ccc(-c4cc(-c5nc(-c6ccccc6)nc(-c6ccccc6)n5)c5ccccc5c4)cc3c21.CC1(C)c2ccccc2-c2ccc3ccc(-c4ccc(-c5nc(-c6ccccc6)nc(-c6ccccc6)n5)c5ccccc45)cc3c21. The van der Waals surface area contributed by atoms with E-state index in [-0.39, 0.29) is 16.2 Å². The van der Waals surface area contributed by atoms with Gasteiger partial charge in [0.25, 0.3) is 0 Å². The van der Waals surface area contributed by atoms with Crippen molar-refractivity contribution in [1.82, 2.24) is 44.9 Å². The Balaban J connectivity index is 0.000000110. The summed E-state index contributed by atoms with van der Waals surface area (Å²) in [7, 11) is 0. The van der Waals surface area contributed by atoms with Crippen molar-refractivity contribution in [3.63, 3.8) is 0 Å². The Labute approximate surface area is 834 Å². The number of fused-ring (bicyclic) bond motifs is 20. The van der Waals surface area contributed by atoms with Gasteiger partial charge in [-0.1, -0.05) is 442 Å². The first kappa shape index (κ1) is 86.1. The van der Waals surface area contributed by atoms with Crippen molar-refractivity contribution in [2.24, 2.45) is 0 Å². The maximum Gasteiger partial charge on any atom is 0.167 e. The first-order valence-corrected chi connectivity index (χ1v) is 49.3. The predicted molar refractivity (Wildman–Crippen MR) is 592 cm³/mol. The highest BCUT2D eigenvalue weighted by Gasteiger charge is 2.40. The molecule has 10 nitrogen and oxygen atoms in total. The maximum absolute atomic E-state index is 6.40. The summed E-state index contributed by atoms with van der Waals surface area (Å²) in [6.45, 7) is 14.1. The fourth-order valence-corrected chi connectivity index (χ4v) is 22.8. The molecule has 0 saturated heterocycles. The van der Waals surface area contributed by atoms with E-state index < -0.39 is 0 Å². The molecule has 0 fully saturated rings. The number of rotatable bonds is 12. The number of aromatic nitrogens is 9. The monoisotopic (exact) mass is 1840 g/mol. The minimum absolute atomic E-state index is 0.0631. The number of benzene rings is 21. The molecule has 25 aromatic rings. The van der Waals surface area contributed by atoms with Crippen molar-refractivity contribution in [3.8, 4) is 169 Å². The van der Waals surface area contributed by atoms with Crippen LogP contribution in [-0.4, -0.2) is 44.9 Å². The van der Waals surface area contributed by atoms with Gasteiger partial charge >= 0.3 is 0 Å². The first-order chi connectivity index (χ1) is 70.6. The Kier molecular flexibility index (Phi) is 20.7. The lowest BCUT2D eigenvalue weighted by molar-refractivity contribution is 0.666. The van der Waals surface area contributed by atoms with Crippen molar-refractivity contribution in [2.75, 3.05) is 0 Å². The lowest BCUT2D eigenvalue weighted by atomic mass is 9.79. The minimum atomic E-state index is -0.0921. The maximum atomic E-state index is 6.40. The van der Waals surface area contributed by atoms with E-state index in [4.69, 9.17) is 49.3 Å². The lowest BCUT2D eigenvalue weighted by Gasteiger charge is -2.23. The second-order valence-corrected chi connectivity index (χ2v) is 39.3. The fourth-order valence-electron chi connectivity index (χ4n) is 22.8. The third-order valence-corrected chi connectivity index (χ3v) is 29.7. The quantitative estimate of drug-likeness (QED) is 0.117. The van der Waals surface area contributed by atoms with Gasteiger partial charge in [-0.05, 0) is 209 Å². The Morgan fingerprint density at radius 3 is 0.979 bits per heavy atom. The van der Waals surface area contributed by atoms with Gasteiger partial charge in [0.2, 0.25) is 0 Å². The number of hydrogen-bond donors (Lipinski definition) is 0. The Morgan fingerprint density at radius 2 is 0.465 bits per heavy atom. The van der Waals surface area contributed by atoms with Gasteiger partial charge in [-0.15, -0.1) is 0 Å². The Morgan fingerprint density at radius 1 is 0.153 bits per heavy atom. The smallest absolute Gasteiger partial charge is 0.167 e. The van der Waals surface area contributed by atoms with Gasteiger partial charge in [0, 0.05) is 71.5 Å². The van der Waals surface area contributed by atoms with Crippen LogP contribution >= 0.6 is 0 Å². The Hall–Kier alpha value is -18.3. The predicted octanol–water partition coefficient (Wildman–Crippen LogP) is 34.2. The van der Waals surface area contributed by atoms with E-state index in [9.17, 15) is 0 Å². The van der Waals surface area contributed by atoms with E-state index in [1.54, 1.807) is 0 Å². The van der Waals surface area contributed by atoms with Gasteiger partial charge in [0.15, 0.2) is 52.4 Å². The summed E-state index contributed by atoms with van der Waals surface area (Å²) in [6.07, 6.45) is 0. The highest BCUT2D eigenvalue weighted by Crippen LogP contribution is 2.56. The van der Waals surface area contributed by atoms with Crippen LogP contribution in [0.1, 0.15) is 74.9 Å². The topological polar surface area (TPSA) is 129 Å². The van der Waals surface area contributed by atoms with Crippen molar-refractivity contribution in [2.45, 2.75) is 57.8 Å². The van der Waals surface area contributed by atoms with Gasteiger partial charge in [0.05, 0.1) is 5.56 Å². The number of hydrogen-bond acceptors (Lipinski definition) is 10. The van der Waals surface area contributed by atoms with Crippen LogP contribution in [0, 0.1) is 0 Å². The van der Waals surface area contributed by atoms with Gasteiger partial charge in [-0.3, -0.25) is 0 Å². The summed E-state index contributed by atoms with van der Waals surface area (Å²) in [5, 5.41) is 14.3. The van der Waals surface area contributed by atoms with Crippen molar-refractivity contribution >= 4 is 75.8 Å². The van der Waals surface area contributed by atoms with Gasteiger partial charge in [-0.25, -0.2) is 44.9 Å². The minimum Gasteiger partial charge on any atom is -0.455 e. The number of furan rings is 1. The van der Waals surface area contributed by atoms with E-state index in [1.807, 2.05) is 158 Å². The molecule has 680 valence electrons. The summed E-state index contributed by atoms with van der Waals surface area (Å²) in [5.41, 5.74) is 33.3. The van der Waals surface area contributed by atoms with Crippen molar-refractivity contribution < 1.29 is 4.42 Å². The van der Waals surface area contributed by atoms with E-state index in [0.29, 0.717) is 52.4 Å². The molecule has 0 N–H and O–H groups in total. The van der Waals surface area contributed by atoms with Crippen LogP contribution in [0.3, 0.4) is 0 Å². The third kappa shape index (κ3) is 14.8. The highest BCUT2D eigenvalue weighted by molar-refractivity contribution is 6.11. The van der Waals surface area contributed by atoms with E-state index >= 15 is 0 Å². The number of para-hydroxylation sites is 2. The van der Waals surface area contributed by atoms with Gasteiger partial charge in [-0.2, -0.15) is 0 Å². The summed E-state index contributed by atoms with van der Waals surface area (Å²) < 4.78 is 6.40. The molecule has 3 aliphatic rings. The van der Waals surface area contributed by atoms with E-state index in [2.05, 4.69) is 339 Å². The van der Waals surface area contributed by atoms with E-state index in [0.717, 1.165) is 105 Å². The van der Waals surface area contributed by atoms with Crippen LogP contribution in [0.4, 0.5) is 0 Å². The largest absolute Gasteiger partial charge is 0.455 e. The zero-order valence-electron chi connectivity index (χ0n) is 80.2. The zero-order valence-corrected chi connectivity index (χ0v) is 80.2. The van der Waals surface area contributed by atoms with Crippen molar-refractivity contribution in [3.05, 3.63) is 488 Å². The third-order valence-electron chi connectivity index (χ3n) is 29.7. The number of nitrogens with zero attached hydrogens (tertiary/aromatic N) is 9. The lowest BCUT2D eigenvalue weighted by Crippen LogP contribution is -2.15. The molecule has 0 saturated carbocycles.